The van der Waals surface area contributed by atoms with Crippen molar-refractivity contribution in [3.05, 3.63) is 41.4 Å². The molecule has 0 amide bonds. The third-order valence-corrected chi connectivity index (χ3v) is 4.17. The highest BCUT2D eigenvalue weighted by Crippen LogP contribution is 2.24. The lowest BCUT2D eigenvalue weighted by Crippen LogP contribution is -2.36. The van der Waals surface area contributed by atoms with Crippen LogP contribution in [0.3, 0.4) is 0 Å². The van der Waals surface area contributed by atoms with Gasteiger partial charge in [0.05, 0.1) is 6.61 Å². The van der Waals surface area contributed by atoms with Crippen molar-refractivity contribution in [3.63, 3.8) is 0 Å². The van der Waals surface area contributed by atoms with E-state index in [1.54, 1.807) is 18.3 Å². The lowest BCUT2D eigenvalue weighted by Gasteiger charge is -2.32. The van der Waals surface area contributed by atoms with Gasteiger partial charge < -0.3 is 9.64 Å². The number of aryl methyl sites for hydroxylation is 1. The number of pyridine rings is 1. The van der Waals surface area contributed by atoms with E-state index in [1.807, 2.05) is 19.2 Å². The van der Waals surface area contributed by atoms with Gasteiger partial charge in [-0.3, -0.25) is 0 Å². The second-order valence-electron chi connectivity index (χ2n) is 5.49. The molecule has 2 aromatic rings. The molecule has 0 spiro atoms. The Kier molecular flexibility index (Phi) is 4.73. The van der Waals surface area contributed by atoms with Crippen LogP contribution in [0.1, 0.15) is 18.7 Å². The Labute approximate surface area is 135 Å². The zero-order valence-electron chi connectivity index (χ0n) is 12.6. The molecule has 0 saturated carbocycles. The van der Waals surface area contributed by atoms with Crippen LogP contribution in [0.5, 0.6) is 5.88 Å². The number of hydrogen-bond donors (Lipinski definition) is 0. The smallest absolute Gasteiger partial charge is 0.232 e. The molecule has 0 bridgehead atoms. The van der Waals surface area contributed by atoms with Crippen LogP contribution >= 0.6 is 11.6 Å². The molecule has 22 heavy (non-hydrogen) atoms. The third-order valence-electron chi connectivity index (χ3n) is 3.88. The lowest BCUT2D eigenvalue weighted by atomic mass is 9.98. The normalized spacial score (nSPS) is 15.8. The largest absolute Gasteiger partial charge is 0.476 e. The van der Waals surface area contributed by atoms with Gasteiger partial charge in [-0.1, -0.05) is 11.6 Å². The molecule has 1 fully saturated rings. The minimum atomic E-state index is 0.525. The van der Waals surface area contributed by atoms with Crippen LogP contribution in [0.25, 0.3) is 0 Å². The van der Waals surface area contributed by atoms with Crippen molar-refractivity contribution >= 4 is 17.4 Å². The summed E-state index contributed by atoms with van der Waals surface area (Å²) in [6.07, 6.45) is 5.66. The number of halogens is 1. The van der Waals surface area contributed by atoms with Crippen molar-refractivity contribution in [2.24, 2.45) is 5.92 Å². The van der Waals surface area contributed by atoms with Crippen LogP contribution in [0.4, 0.5) is 5.82 Å². The molecule has 0 N–H and O–H groups in total. The number of aromatic nitrogens is 3. The van der Waals surface area contributed by atoms with E-state index in [9.17, 15) is 0 Å². The highest BCUT2D eigenvalue weighted by atomic mass is 35.5. The van der Waals surface area contributed by atoms with Gasteiger partial charge in [-0.25, -0.2) is 15.0 Å². The molecule has 0 radical (unpaired) electrons. The summed E-state index contributed by atoms with van der Waals surface area (Å²) in [4.78, 5) is 15.1. The maximum absolute atomic E-state index is 6.05. The predicted octanol–water partition coefficient (Wildman–Crippen LogP) is 3.13. The van der Waals surface area contributed by atoms with Gasteiger partial charge in [0, 0.05) is 25.5 Å². The van der Waals surface area contributed by atoms with Crippen LogP contribution in [0.2, 0.25) is 5.02 Å². The summed E-state index contributed by atoms with van der Waals surface area (Å²) >= 11 is 6.05. The fourth-order valence-corrected chi connectivity index (χ4v) is 2.80. The molecule has 6 heteroatoms. The number of piperidine rings is 1. The van der Waals surface area contributed by atoms with Crippen LogP contribution in [0.15, 0.2) is 30.6 Å². The number of hydrogen-bond acceptors (Lipinski definition) is 5. The van der Waals surface area contributed by atoms with Crippen molar-refractivity contribution in [1.29, 1.82) is 0 Å². The molecule has 5 nitrogen and oxygen atoms in total. The van der Waals surface area contributed by atoms with Crippen molar-refractivity contribution in [2.45, 2.75) is 19.8 Å². The first kappa shape index (κ1) is 15.0. The van der Waals surface area contributed by atoms with E-state index < -0.39 is 0 Å². The second-order valence-corrected chi connectivity index (χ2v) is 5.90. The van der Waals surface area contributed by atoms with Crippen molar-refractivity contribution in [1.82, 2.24) is 15.0 Å². The number of nitrogens with zero attached hydrogens (tertiary/aromatic N) is 4. The molecule has 1 aliphatic heterocycles. The van der Waals surface area contributed by atoms with Crippen LogP contribution in [0, 0.1) is 12.8 Å². The molecule has 3 heterocycles. The fraction of sp³-hybridized carbons (Fsp3) is 0.438. The molecule has 0 aliphatic carbocycles. The first-order valence-corrected chi connectivity index (χ1v) is 7.88. The molecule has 0 atom stereocenters. The van der Waals surface area contributed by atoms with Crippen LogP contribution in [-0.2, 0) is 0 Å². The van der Waals surface area contributed by atoms with Gasteiger partial charge in [-0.15, -0.1) is 0 Å². The quantitative estimate of drug-likeness (QED) is 0.867. The summed E-state index contributed by atoms with van der Waals surface area (Å²) in [6.45, 7) is 4.55. The average molecular weight is 319 g/mol. The minimum Gasteiger partial charge on any atom is -0.476 e. The van der Waals surface area contributed by atoms with E-state index in [4.69, 9.17) is 16.3 Å². The van der Waals surface area contributed by atoms with Gasteiger partial charge in [-0.2, -0.15) is 0 Å². The first-order chi connectivity index (χ1) is 10.7. The molecule has 2 aromatic heterocycles. The summed E-state index contributed by atoms with van der Waals surface area (Å²) in [5.41, 5.74) is 0. The molecule has 3 rings (SSSR count). The predicted molar refractivity (Wildman–Crippen MR) is 86.4 cm³/mol. The van der Waals surface area contributed by atoms with Gasteiger partial charge in [0.25, 0.3) is 0 Å². The summed E-state index contributed by atoms with van der Waals surface area (Å²) in [7, 11) is 0. The van der Waals surface area contributed by atoms with E-state index in [0.717, 1.165) is 37.6 Å². The topological polar surface area (TPSA) is 51.1 Å². The number of ether oxygens (including phenoxy) is 1. The summed E-state index contributed by atoms with van der Waals surface area (Å²) in [5.74, 6) is 2.88. The number of rotatable bonds is 4. The van der Waals surface area contributed by atoms with E-state index in [2.05, 4.69) is 19.9 Å². The number of anilines is 1. The monoisotopic (exact) mass is 318 g/mol. The Hall–Kier alpha value is -1.88. The summed E-state index contributed by atoms with van der Waals surface area (Å²) in [6, 6.07) is 5.57. The zero-order chi connectivity index (χ0) is 15.4. The lowest BCUT2D eigenvalue weighted by molar-refractivity contribution is 0.216. The minimum absolute atomic E-state index is 0.525. The maximum atomic E-state index is 6.05. The first-order valence-electron chi connectivity index (χ1n) is 7.50. The van der Waals surface area contributed by atoms with Crippen molar-refractivity contribution in [2.75, 3.05) is 24.6 Å². The fourth-order valence-electron chi connectivity index (χ4n) is 2.62. The van der Waals surface area contributed by atoms with E-state index in [-0.39, 0.29) is 0 Å². The van der Waals surface area contributed by atoms with Crippen LogP contribution < -0.4 is 9.64 Å². The molecular formula is C16H19ClN4O. The average Bonchev–Trinajstić information content (AvgIpc) is 2.55. The van der Waals surface area contributed by atoms with E-state index >= 15 is 0 Å². The summed E-state index contributed by atoms with van der Waals surface area (Å²) < 4.78 is 5.75. The maximum Gasteiger partial charge on any atom is 0.232 e. The molecule has 116 valence electrons. The van der Waals surface area contributed by atoms with Gasteiger partial charge in [-0.05, 0) is 43.9 Å². The Morgan fingerprint density at radius 3 is 2.77 bits per heavy atom. The SMILES string of the molecule is Cc1nccc(N2CCC(COc3ncccc3Cl)CC2)n1. The molecule has 1 saturated heterocycles. The van der Waals surface area contributed by atoms with Gasteiger partial charge in [0.1, 0.15) is 16.7 Å². The van der Waals surface area contributed by atoms with E-state index in [1.165, 1.54) is 0 Å². The second kappa shape index (κ2) is 6.92. The zero-order valence-corrected chi connectivity index (χ0v) is 13.3. The molecule has 0 unspecified atom stereocenters. The Morgan fingerprint density at radius 2 is 2.05 bits per heavy atom. The van der Waals surface area contributed by atoms with Crippen molar-refractivity contribution < 1.29 is 4.74 Å². The third kappa shape index (κ3) is 3.65. The Balaban J connectivity index is 1.51. The molecule has 1 aliphatic rings. The highest BCUT2D eigenvalue weighted by Gasteiger charge is 2.21. The summed E-state index contributed by atoms with van der Waals surface area (Å²) in [5, 5.41) is 0.566. The van der Waals surface area contributed by atoms with Gasteiger partial charge in [0.2, 0.25) is 5.88 Å². The highest BCUT2D eigenvalue weighted by molar-refractivity contribution is 6.31. The van der Waals surface area contributed by atoms with Crippen molar-refractivity contribution in [3.8, 4) is 5.88 Å². The van der Waals surface area contributed by atoms with Gasteiger partial charge in [0.15, 0.2) is 0 Å². The van der Waals surface area contributed by atoms with Crippen LogP contribution in [-0.4, -0.2) is 34.6 Å². The molecule has 0 aromatic carbocycles. The van der Waals surface area contributed by atoms with Gasteiger partial charge >= 0.3 is 0 Å². The Morgan fingerprint density at radius 1 is 1.23 bits per heavy atom. The molecular weight excluding hydrogens is 300 g/mol. The van der Waals surface area contributed by atoms with E-state index in [0.29, 0.717) is 23.4 Å². The Bertz CT molecular complexity index is 629. The standard InChI is InChI=1S/C16H19ClN4O/c1-12-18-8-4-15(20-12)21-9-5-13(6-10-21)11-22-16-14(17)3-2-7-19-16/h2-4,7-8,13H,5-6,9-11H2,1H3.